The first-order valence-electron chi connectivity index (χ1n) is 5.16. The summed E-state index contributed by atoms with van der Waals surface area (Å²) in [7, 11) is 0. The van der Waals surface area contributed by atoms with Gasteiger partial charge >= 0.3 is 0 Å². The van der Waals surface area contributed by atoms with Crippen LogP contribution in [0, 0.1) is 17.0 Å². The van der Waals surface area contributed by atoms with E-state index in [1.807, 2.05) is 12.1 Å². The van der Waals surface area contributed by atoms with Crippen LogP contribution in [0.3, 0.4) is 0 Å². The number of anilines is 1. The third-order valence-electron chi connectivity index (χ3n) is 2.33. The molecule has 0 atom stereocenters. The van der Waals surface area contributed by atoms with Gasteiger partial charge in [-0.1, -0.05) is 0 Å². The largest absolute Gasteiger partial charge is 0.365 e. The van der Waals surface area contributed by atoms with Crippen LogP contribution in [-0.4, -0.2) is 9.91 Å². The number of nitrogens with zero attached hydrogens (tertiary/aromatic N) is 2. The second-order valence-corrected chi connectivity index (χ2v) is 6.17. The van der Waals surface area contributed by atoms with Crippen molar-refractivity contribution in [2.75, 3.05) is 5.32 Å². The topological polar surface area (TPSA) is 68.1 Å². The van der Waals surface area contributed by atoms with Crippen LogP contribution >= 0.6 is 27.3 Å². The van der Waals surface area contributed by atoms with Crippen LogP contribution in [0.5, 0.6) is 0 Å². The van der Waals surface area contributed by atoms with Crippen molar-refractivity contribution < 1.29 is 4.92 Å². The number of hydrogen-bond acceptors (Lipinski definition) is 5. The molecule has 18 heavy (non-hydrogen) atoms. The molecule has 0 saturated heterocycles. The number of nitro groups is 1. The molecule has 0 aromatic carbocycles. The molecule has 5 nitrogen and oxygen atoms in total. The third-order valence-corrected chi connectivity index (χ3v) is 3.95. The molecule has 1 N–H and O–H groups in total. The molecular weight excluding hydrogens is 318 g/mol. The molecule has 0 unspecified atom stereocenters. The molecule has 0 amide bonds. The Morgan fingerprint density at radius 2 is 2.22 bits per heavy atom. The second-order valence-electron chi connectivity index (χ2n) is 3.62. The van der Waals surface area contributed by atoms with E-state index in [1.165, 1.54) is 10.9 Å². The molecule has 94 valence electrons. The molecule has 0 spiro atoms. The lowest BCUT2D eigenvalue weighted by molar-refractivity contribution is -0.385. The summed E-state index contributed by atoms with van der Waals surface area (Å²) in [4.78, 5) is 15.6. The minimum absolute atomic E-state index is 0.0411. The van der Waals surface area contributed by atoms with E-state index in [9.17, 15) is 10.1 Å². The zero-order valence-corrected chi connectivity index (χ0v) is 11.9. The molecule has 7 heteroatoms. The van der Waals surface area contributed by atoms with Crippen molar-refractivity contribution in [3.05, 3.63) is 48.7 Å². The van der Waals surface area contributed by atoms with Crippen LogP contribution in [0.15, 0.2) is 28.1 Å². The number of thiophene rings is 1. The van der Waals surface area contributed by atoms with Crippen molar-refractivity contribution >= 4 is 38.8 Å². The van der Waals surface area contributed by atoms with Gasteiger partial charge in [-0.3, -0.25) is 10.1 Å². The fraction of sp³-hybridized carbons (Fsp3) is 0.182. The summed E-state index contributed by atoms with van der Waals surface area (Å²) in [5.41, 5.74) is 0.455. The summed E-state index contributed by atoms with van der Waals surface area (Å²) in [5, 5.41) is 13.8. The van der Waals surface area contributed by atoms with Gasteiger partial charge in [0.05, 0.1) is 15.3 Å². The van der Waals surface area contributed by atoms with Gasteiger partial charge in [-0.05, 0) is 41.1 Å². The summed E-state index contributed by atoms with van der Waals surface area (Å²) in [5.74, 6) is 0.641. The molecule has 0 fully saturated rings. The van der Waals surface area contributed by atoms with E-state index in [0.717, 1.165) is 3.79 Å². The monoisotopic (exact) mass is 327 g/mol. The van der Waals surface area contributed by atoms with Crippen molar-refractivity contribution in [1.29, 1.82) is 0 Å². The van der Waals surface area contributed by atoms with Gasteiger partial charge in [-0.25, -0.2) is 4.98 Å². The van der Waals surface area contributed by atoms with Crippen molar-refractivity contribution in [3.8, 4) is 0 Å². The summed E-state index contributed by atoms with van der Waals surface area (Å²) in [6, 6.07) is 7.08. The number of aromatic nitrogens is 1. The Balaban J connectivity index is 2.06. The maximum absolute atomic E-state index is 10.7. The van der Waals surface area contributed by atoms with Gasteiger partial charge < -0.3 is 5.32 Å². The average molecular weight is 328 g/mol. The Morgan fingerprint density at radius 3 is 2.78 bits per heavy atom. The summed E-state index contributed by atoms with van der Waals surface area (Å²) in [6.45, 7) is 2.28. The van der Waals surface area contributed by atoms with Crippen molar-refractivity contribution in [3.63, 3.8) is 0 Å². The second kappa shape index (κ2) is 5.45. The van der Waals surface area contributed by atoms with Crippen LogP contribution in [0.2, 0.25) is 0 Å². The van der Waals surface area contributed by atoms with E-state index in [1.54, 1.807) is 24.3 Å². The van der Waals surface area contributed by atoms with E-state index >= 15 is 0 Å². The lowest BCUT2D eigenvalue weighted by atomic mass is 10.3. The summed E-state index contributed by atoms with van der Waals surface area (Å²) < 4.78 is 1.08. The number of halogens is 1. The molecule has 0 radical (unpaired) electrons. The van der Waals surface area contributed by atoms with Crippen molar-refractivity contribution in [1.82, 2.24) is 4.98 Å². The van der Waals surface area contributed by atoms with Crippen LogP contribution in [0.1, 0.15) is 10.6 Å². The molecule has 2 heterocycles. The Morgan fingerprint density at radius 1 is 1.44 bits per heavy atom. The number of rotatable bonds is 4. The number of aryl methyl sites for hydroxylation is 1. The Labute approximate surface area is 116 Å². The summed E-state index contributed by atoms with van der Waals surface area (Å²) in [6.07, 6.45) is 0. The zero-order chi connectivity index (χ0) is 13.1. The van der Waals surface area contributed by atoms with Gasteiger partial charge in [0.15, 0.2) is 0 Å². The highest BCUT2D eigenvalue weighted by atomic mass is 79.9. The molecule has 0 aliphatic heterocycles. The fourth-order valence-corrected chi connectivity index (χ4v) is 2.89. The first kappa shape index (κ1) is 13.0. The first-order valence-corrected chi connectivity index (χ1v) is 6.77. The Hall–Kier alpha value is -1.47. The molecule has 2 rings (SSSR count). The minimum Gasteiger partial charge on any atom is -0.365 e. The van der Waals surface area contributed by atoms with Gasteiger partial charge in [-0.15, -0.1) is 11.3 Å². The van der Waals surface area contributed by atoms with E-state index in [0.29, 0.717) is 18.1 Å². The Bertz CT molecular complexity index is 585. The lowest BCUT2D eigenvalue weighted by Gasteiger charge is -2.04. The predicted molar refractivity (Wildman–Crippen MR) is 75.0 cm³/mol. The van der Waals surface area contributed by atoms with Crippen LogP contribution in [-0.2, 0) is 6.54 Å². The molecule has 2 aromatic rings. The van der Waals surface area contributed by atoms with Crippen molar-refractivity contribution in [2.45, 2.75) is 13.5 Å². The highest BCUT2D eigenvalue weighted by Gasteiger charge is 2.11. The maximum Gasteiger partial charge on any atom is 0.290 e. The molecule has 0 aliphatic rings. The minimum atomic E-state index is -0.428. The molecule has 0 aliphatic carbocycles. The lowest BCUT2D eigenvalue weighted by Crippen LogP contribution is -2.02. The van der Waals surface area contributed by atoms with Gasteiger partial charge in [0.2, 0.25) is 0 Å². The normalized spacial score (nSPS) is 10.3. The smallest absolute Gasteiger partial charge is 0.290 e. The first-order chi connectivity index (χ1) is 8.56. The van der Waals surface area contributed by atoms with E-state index in [-0.39, 0.29) is 5.69 Å². The SMILES string of the molecule is Cc1nc(NCc2ccc(Br)s2)ccc1[N+](=O)[O-]. The fourth-order valence-electron chi connectivity index (χ4n) is 1.47. The number of hydrogen-bond donors (Lipinski definition) is 1. The maximum atomic E-state index is 10.7. The third kappa shape index (κ3) is 3.05. The van der Waals surface area contributed by atoms with Gasteiger partial charge in [0.1, 0.15) is 11.5 Å². The predicted octanol–water partition coefficient (Wildman–Crippen LogP) is 3.73. The molecule has 0 saturated carbocycles. The Kier molecular flexibility index (Phi) is 3.93. The standard InChI is InChI=1S/C11H10BrN3O2S/c1-7-9(15(16)17)3-5-11(14-7)13-6-8-2-4-10(12)18-8/h2-5H,6H2,1H3,(H,13,14). The highest BCUT2D eigenvalue weighted by molar-refractivity contribution is 9.11. The summed E-state index contributed by atoms with van der Waals surface area (Å²) >= 11 is 5.03. The number of pyridine rings is 1. The zero-order valence-electron chi connectivity index (χ0n) is 9.51. The van der Waals surface area contributed by atoms with E-state index in [2.05, 4.69) is 26.2 Å². The van der Waals surface area contributed by atoms with Crippen molar-refractivity contribution in [2.24, 2.45) is 0 Å². The van der Waals surface area contributed by atoms with Crippen LogP contribution in [0.25, 0.3) is 0 Å². The molecular formula is C11H10BrN3O2S. The average Bonchev–Trinajstić information content (AvgIpc) is 2.72. The van der Waals surface area contributed by atoms with Gasteiger partial charge in [0, 0.05) is 10.9 Å². The highest BCUT2D eigenvalue weighted by Crippen LogP contribution is 2.23. The molecule has 0 bridgehead atoms. The van der Waals surface area contributed by atoms with E-state index < -0.39 is 4.92 Å². The van der Waals surface area contributed by atoms with Crippen LogP contribution < -0.4 is 5.32 Å². The molecule has 2 aromatic heterocycles. The number of nitrogens with one attached hydrogen (secondary N) is 1. The van der Waals surface area contributed by atoms with Gasteiger partial charge in [0.25, 0.3) is 5.69 Å². The quantitative estimate of drug-likeness (QED) is 0.686. The van der Waals surface area contributed by atoms with Gasteiger partial charge in [-0.2, -0.15) is 0 Å². The van der Waals surface area contributed by atoms with Crippen LogP contribution in [0.4, 0.5) is 11.5 Å². The van der Waals surface area contributed by atoms with E-state index in [4.69, 9.17) is 0 Å².